The molecule has 2 aromatic heterocycles. The average molecular weight is 371 g/mol. The van der Waals surface area contributed by atoms with Crippen molar-refractivity contribution in [3.8, 4) is 0 Å². The lowest BCUT2D eigenvalue weighted by atomic mass is 10.0. The van der Waals surface area contributed by atoms with Gasteiger partial charge >= 0.3 is 5.69 Å². The lowest BCUT2D eigenvalue weighted by molar-refractivity contribution is -0.384. The van der Waals surface area contributed by atoms with Gasteiger partial charge in [-0.3, -0.25) is 19.5 Å². The second-order valence-corrected chi connectivity index (χ2v) is 6.71. The van der Waals surface area contributed by atoms with Gasteiger partial charge in [0, 0.05) is 36.5 Å². The summed E-state index contributed by atoms with van der Waals surface area (Å²) in [5.41, 5.74) is 2.52. The maximum absolute atomic E-state index is 12.7. The van der Waals surface area contributed by atoms with Crippen LogP contribution in [0.25, 0.3) is 10.9 Å². The van der Waals surface area contributed by atoms with Crippen LogP contribution in [0.4, 0.5) is 11.5 Å². The van der Waals surface area contributed by atoms with E-state index in [-0.39, 0.29) is 23.5 Å². The number of aromatic nitrogens is 2. The summed E-state index contributed by atoms with van der Waals surface area (Å²) in [6.45, 7) is 2.89. The van der Waals surface area contributed by atoms with Crippen molar-refractivity contribution in [3.63, 3.8) is 0 Å². The number of aryl methyl sites for hydroxylation is 1. The van der Waals surface area contributed by atoms with Gasteiger partial charge in [-0.05, 0) is 30.7 Å². The molecule has 0 atom stereocenters. The summed E-state index contributed by atoms with van der Waals surface area (Å²) >= 11 is 6.30. The highest BCUT2D eigenvalue weighted by molar-refractivity contribution is 6.30. The van der Waals surface area contributed by atoms with Crippen molar-refractivity contribution in [2.75, 3.05) is 11.9 Å². The molecule has 4 rings (SSSR count). The van der Waals surface area contributed by atoms with E-state index in [1.807, 2.05) is 31.2 Å². The number of benzene rings is 1. The number of nitro groups is 1. The molecule has 0 spiro atoms. The van der Waals surface area contributed by atoms with Gasteiger partial charge in [0.05, 0.1) is 10.4 Å². The van der Waals surface area contributed by atoms with Crippen molar-refractivity contribution in [3.05, 3.63) is 72.6 Å². The Kier molecular flexibility index (Phi) is 3.88. The second kappa shape index (κ2) is 6.10. The summed E-state index contributed by atoms with van der Waals surface area (Å²) in [6, 6.07) is 9.06. The zero-order valence-corrected chi connectivity index (χ0v) is 14.7. The van der Waals surface area contributed by atoms with Crippen LogP contribution in [0, 0.1) is 17.0 Å². The molecule has 3 heterocycles. The molecule has 26 heavy (non-hydrogen) atoms. The highest BCUT2D eigenvalue weighted by Crippen LogP contribution is 2.29. The molecular weight excluding hydrogens is 356 g/mol. The Morgan fingerprint density at radius 2 is 2.12 bits per heavy atom. The first kappa shape index (κ1) is 16.5. The Balaban J connectivity index is 1.84. The molecule has 1 aliphatic heterocycles. The Labute approximate surface area is 153 Å². The van der Waals surface area contributed by atoms with E-state index in [9.17, 15) is 14.9 Å². The molecule has 0 saturated carbocycles. The van der Waals surface area contributed by atoms with Gasteiger partial charge in [-0.1, -0.05) is 23.2 Å². The summed E-state index contributed by atoms with van der Waals surface area (Å²) in [6.07, 6.45) is 0.190. The minimum atomic E-state index is -0.475. The van der Waals surface area contributed by atoms with Crippen molar-refractivity contribution in [2.24, 2.45) is 0 Å². The predicted molar refractivity (Wildman–Crippen MR) is 100 cm³/mol. The number of rotatable bonds is 3. The van der Waals surface area contributed by atoms with Gasteiger partial charge in [0.2, 0.25) is 0 Å². The van der Waals surface area contributed by atoms with Gasteiger partial charge in [0.15, 0.2) is 5.82 Å². The number of hydrogen-bond donors (Lipinski definition) is 1. The van der Waals surface area contributed by atoms with Crippen molar-refractivity contribution in [1.29, 1.82) is 0 Å². The van der Waals surface area contributed by atoms with Crippen LogP contribution in [0.15, 0.2) is 35.1 Å². The van der Waals surface area contributed by atoms with Crippen LogP contribution in [0.3, 0.4) is 0 Å². The Morgan fingerprint density at radius 3 is 2.88 bits per heavy atom. The number of halogens is 1. The summed E-state index contributed by atoms with van der Waals surface area (Å²) in [7, 11) is 0. The van der Waals surface area contributed by atoms with Gasteiger partial charge in [0.1, 0.15) is 5.15 Å². The standard InChI is InChI=1S/C18H15ClN4O3/c1-10-2-3-14-11(6-10)7-12(16(19)21-14)8-13-9-15(23(25)26)17-20-4-5-22(17)18(13)24/h2-3,6-7,9,20H,4-5,8H2,1H3. The maximum Gasteiger partial charge on any atom is 0.310 e. The van der Waals surface area contributed by atoms with E-state index in [1.165, 1.54) is 10.6 Å². The molecule has 0 radical (unpaired) electrons. The molecular formula is C18H15ClN4O3. The first-order valence-corrected chi connectivity index (χ1v) is 8.52. The van der Waals surface area contributed by atoms with E-state index in [4.69, 9.17) is 11.6 Å². The van der Waals surface area contributed by atoms with Gasteiger partial charge in [-0.15, -0.1) is 0 Å². The molecule has 8 heteroatoms. The Bertz CT molecular complexity index is 1120. The van der Waals surface area contributed by atoms with Crippen LogP contribution in [0.5, 0.6) is 0 Å². The van der Waals surface area contributed by atoms with E-state index in [2.05, 4.69) is 10.3 Å². The number of hydrogen-bond acceptors (Lipinski definition) is 5. The van der Waals surface area contributed by atoms with Gasteiger partial charge in [-0.25, -0.2) is 4.98 Å². The maximum atomic E-state index is 12.7. The topological polar surface area (TPSA) is 90.1 Å². The molecule has 0 bridgehead atoms. The minimum Gasteiger partial charge on any atom is -0.364 e. The lowest BCUT2D eigenvalue weighted by Gasteiger charge is -2.09. The van der Waals surface area contributed by atoms with Crippen LogP contribution < -0.4 is 10.9 Å². The predicted octanol–water partition coefficient (Wildman–Crippen LogP) is 3.28. The van der Waals surface area contributed by atoms with Crippen LogP contribution in [0.1, 0.15) is 16.7 Å². The van der Waals surface area contributed by atoms with Crippen molar-refractivity contribution in [2.45, 2.75) is 19.9 Å². The molecule has 0 amide bonds. The number of fused-ring (bicyclic) bond motifs is 2. The third-order valence-electron chi connectivity index (χ3n) is 4.55. The first-order chi connectivity index (χ1) is 12.4. The van der Waals surface area contributed by atoms with Gasteiger partial charge in [0.25, 0.3) is 5.56 Å². The monoisotopic (exact) mass is 370 g/mol. The fraction of sp³-hybridized carbons (Fsp3) is 0.222. The fourth-order valence-corrected chi connectivity index (χ4v) is 3.52. The zero-order valence-electron chi connectivity index (χ0n) is 14.0. The van der Waals surface area contributed by atoms with E-state index in [0.717, 1.165) is 16.5 Å². The SMILES string of the molecule is Cc1ccc2nc(Cl)c(Cc3cc([N+](=O)[O-])c4n(c3=O)CCN4)cc2c1. The molecule has 0 fully saturated rings. The smallest absolute Gasteiger partial charge is 0.310 e. The van der Waals surface area contributed by atoms with Crippen molar-refractivity contribution >= 4 is 34.0 Å². The molecule has 1 aromatic carbocycles. The number of anilines is 1. The summed E-state index contributed by atoms with van der Waals surface area (Å²) in [5.74, 6) is 0.266. The highest BCUT2D eigenvalue weighted by Gasteiger charge is 2.26. The van der Waals surface area contributed by atoms with Crippen LogP contribution in [-0.4, -0.2) is 21.0 Å². The average Bonchev–Trinajstić information content (AvgIpc) is 3.08. The van der Waals surface area contributed by atoms with Crippen molar-refractivity contribution < 1.29 is 4.92 Å². The normalized spacial score (nSPS) is 12.8. The molecule has 1 aliphatic rings. The second-order valence-electron chi connectivity index (χ2n) is 6.36. The molecule has 1 N–H and O–H groups in total. The Morgan fingerprint density at radius 1 is 1.31 bits per heavy atom. The van der Waals surface area contributed by atoms with Gasteiger partial charge in [-0.2, -0.15) is 0 Å². The molecule has 0 aliphatic carbocycles. The lowest BCUT2D eigenvalue weighted by Crippen LogP contribution is -2.23. The van der Waals surface area contributed by atoms with E-state index >= 15 is 0 Å². The summed E-state index contributed by atoms with van der Waals surface area (Å²) in [5, 5.41) is 15.5. The number of nitrogens with zero attached hydrogens (tertiary/aromatic N) is 3. The zero-order chi connectivity index (χ0) is 18.4. The summed E-state index contributed by atoms with van der Waals surface area (Å²) in [4.78, 5) is 28.0. The van der Waals surface area contributed by atoms with Crippen molar-refractivity contribution in [1.82, 2.24) is 9.55 Å². The quantitative estimate of drug-likeness (QED) is 0.434. The molecule has 0 saturated heterocycles. The molecule has 132 valence electrons. The Hall–Kier alpha value is -2.93. The fourth-order valence-electron chi connectivity index (χ4n) is 3.30. The van der Waals surface area contributed by atoms with E-state index < -0.39 is 4.92 Å². The molecule has 7 nitrogen and oxygen atoms in total. The van der Waals surface area contributed by atoms with Gasteiger partial charge < -0.3 is 5.32 Å². The number of pyridine rings is 2. The summed E-state index contributed by atoms with van der Waals surface area (Å²) < 4.78 is 1.42. The van der Waals surface area contributed by atoms with Crippen LogP contribution >= 0.6 is 11.6 Å². The van der Waals surface area contributed by atoms with E-state index in [1.54, 1.807) is 0 Å². The third-order valence-corrected chi connectivity index (χ3v) is 4.87. The minimum absolute atomic E-state index is 0.0992. The third kappa shape index (κ3) is 2.70. The highest BCUT2D eigenvalue weighted by atomic mass is 35.5. The van der Waals surface area contributed by atoms with Crippen LogP contribution in [-0.2, 0) is 13.0 Å². The molecule has 0 unspecified atom stereocenters. The number of nitrogens with one attached hydrogen (secondary N) is 1. The first-order valence-electron chi connectivity index (χ1n) is 8.15. The van der Waals surface area contributed by atoms with Crippen LogP contribution in [0.2, 0.25) is 5.15 Å². The van der Waals surface area contributed by atoms with E-state index in [0.29, 0.717) is 29.4 Å². The molecule has 3 aromatic rings. The largest absolute Gasteiger partial charge is 0.364 e.